The fraction of sp³-hybridized carbons (Fsp3) is 0.727. The lowest BCUT2D eigenvalue weighted by Gasteiger charge is -2.21. The van der Waals surface area contributed by atoms with Gasteiger partial charge in [0, 0.05) is 19.7 Å². The molecule has 1 fully saturated rings. The van der Waals surface area contributed by atoms with Crippen LogP contribution in [0.1, 0.15) is 25.7 Å². The SMILES string of the molecule is C=CCNC(N)=NCCC1CCCCO1.I. The molecule has 1 aliphatic rings. The number of nitrogens with one attached hydrogen (secondary N) is 1. The lowest BCUT2D eigenvalue weighted by atomic mass is 10.1. The smallest absolute Gasteiger partial charge is 0.188 e. The standard InChI is InChI=1S/C11H21N3O.HI/c1-2-7-13-11(12)14-8-6-10-5-3-4-9-15-10;/h2,10H,1,3-9H2,(H3,12,13,14);1H. The van der Waals surface area contributed by atoms with Crippen LogP contribution in [0.4, 0.5) is 0 Å². The molecule has 0 radical (unpaired) electrons. The molecule has 1 rings (SSSR count). The average molecular weight is 339 g/mol. The molecule has 0 aromatic rings. The molecule has 1 aliphatic heterocycles. The van der Waals surface area contributed by atoms with Crippen molar-refractivity contribution in [2.75, 3.05) is 19.7 Å². The second-order valence-corrected chi connectivity index (χ2v) is 3.71. The van der Waals surface area contributed by atoms with Crippen LogP contribution in [0.3, 0.4) is 0 Å². The molecule has 1 atom stereocenters. The van der Waals surface area contributed by atoms with E-state index in [0.29, 0.717) is 18.6 Å². The fourth-order valence-corrected chi connectivity index (χ4v) is 1.60. The van der Waals surface area contributed by atoms with E-state index in [9.17, 15) is 0 Å². The van der Waals surface area contributed by atoms with Crippen molar-refractivity contribution in [1.82, 2.24) is 5.32 Å². The Labute approximate surface area is 115 Å². The van der Waals surface area contributed by atoms with Gasteiger partial charge >= 0.3 is 0 Å². The molecule has 0 saturated carbocycles. The molecule has 3 N–H and O–H groups in total. The molecule has 1 unspecified atom stereocenters. The van der Waals surface area contributed by atoms with Crippen LogP contribution >= 0.6 is 24.0 Å². The number of rotatable bonds is 5. The first-order chi connectivity index (χ1) is 7.33. The van der Waals surface area contributed by atoms with Crippen LogP contribution < -0.4 is 11.1 Å². The summed E-state index contributed by atoms with van der Waals surface area (Å²) in [7, 11) is 0. The Morgan fingerprint density at radius 3 is 3.00 bits per heavy atom. The minimum absolute atomic E-state index is 0. The van der Waals surface area contributed by atoms with Crippen LogP contribution in [-0.2, 0) is 4.74 Å². The van der Waals surface area contributed by atoms with Gasteiger partial charge in [0.1, 0.15) is 0 Å². The van der Waals surface area contributed by atoms with Gasteiger partial charge in [0.25, 0.3) is 0 Å². The fourth-order valence-electron chi connectivity index (χ4n) is 1.60. The van der Waals surface area contributed by atoms with Crippen LogP contribution in [-0.4, -0.2) is 31.8 Å². The molecule has 0 aromatic heterocycles. The third kappa shape index (κ3) is 7.05. The maximum Gasteiger partial charge on any atom is 0.188 e. The summed E-state index contributed by atoms with van der Waals surface area (Å²) >= 11 is 0. The largest absolute Gasteiger partial charge is 0.378 e. The van der Waals surface area contributed by atoms with Gasteiger partial charge in [-0.15, -0.1) is 30.6 Å². The summed E-state index contributed by atoms with van der Waals surface area (Å²) < 4.78 is 5.59. The lowest BCUT2D eigenvalue weighted by Crippen LogP contribution is -2.32. The summed E-state index contributed by atoms with van der Waals surface area (Å²) in [5, 5.41) is 2.94. The van der Waals surface area contributed by atoms with E-state index in [-0.39, 0.29) is 24.0 Å². The number of halogens is 1. The van der Waals surface area contributed by atoms with Gasteiger partial charge in [-0.1, -0.05) is 6.08 Å². The second kappa shape index (κ2) is 9.89. The van der Waals surface area contributed by atoms with Gasteiger partial charge in [-0.25, -0.2) is 0 Å². The number of ether oxygens (including phenoxy) is 1. The molecule has 1 saturated heterocycles. The van der Waals surface area contributed by atoms with Crippen LogP contribution in [0.5, 0.6) is 0 Å². The van der Waals surface area contributed by atoms with E-state index in [1.807, 2.05) is 0 Å². The summed E-state index contributed by atoms with van der Waals surface area (Å²) in [6.45, 7) is 5.89. The Bertz CT molecular complexity index is 215. The second-order valence-electron chi connectivity index (χ2n) is 3.71. The number of hydrogen-bond acceptors (Lipinski definition) is 2. The van der Waals surface area contributed by atoms with Gasteiger partial charge in [-0.2, -0.15) is 0 Å². The lowest BCUT2D eigenvalue weighted by molar-refractivity contribution is 0.0129. The number of aliphatic imine (C=N–C) groups is 1. The van der Waals surface area contributed by atoms with E-state index in [1.165, 1.54) is 12.8 Å². The summed E-state index contributed by atoms with van der Waals surface area (Å²) in [5.41, 5.74) is 5.63. The van der Waals surface area contributed by atoms with Crippen LogP contribution in [0.2, 0.25) is 0 Å². The number of nitrogens with two attached hydrogens (primary N) is 1. The maximum absolute atomic E-state index is 5.63. The quantitative estimate of drug-likeness (QED) is 0.347. The zero-order valence-electron chi connectivity index (χ0n) is 9.65. The Kier molecular flexibility index (Phi) is 9.71. The van der Waals surface area contributed by atoms with Crippen molar-refractivity contribution in [3.8, 4) is 0 Å². The molecule has 94 valence electrons. The average Bonchev–Trinajstić information content (AvgIpc) is 2.28. The van der Waals surface area contributed by atoms with Gasteiger partial charge in [0.2, 0.25) is 0 Å². The molecule has 0 amide bonds. The van der Waals surface area contributed by atoms with Crippen molar-refractivity contribution in [2.24, 2.45) is 10.7 Å². The van der Waals surface area contributed by atoms with Crippen molar-refractivity contribution >= 4 is 29.9 Å². The first kappa shape index (κ1) is 15.7. The topological polar surface area (TPSA) is 59.6 Å². The van der Waals surface area contributed by atoms with Gasteiger partial charge in [0.05, 0.1) is 6.10 Å². The number of nitrogens with zero attached hydrogens (tertiary/aromatic N) is 1. The van der Waals surface area contributed by atoms with Crippen molar-refractivity contribution in [3.63, 3.8) is 0 Å². The molecule has 0 aliphatic carbocycles. The van der Waals surface area contributed by atoms with Gasteiger partial charge in [-0.05, 0) is 25.7 Å². The highest BCUT2D eigenvalue weighted by Gasteiger charge is 2.12. The van der Waals surface area contributed by atoms with Crippen molar-refractivity contribution in [3.05, 3.63) is 12.7 Å². The molecule has 0 spiro atoms. The Balaban J connectivity index is 0.00000225. The third-order valence-corrected chi connectivity index (χ3v) is 2.43. The summed E-state index contributed by atoms with van der Waals surface area (Å²) in [4.78, 5) is 4.21. The molecule has 16 heavy (non-hydrogen) atoms. The minimum atomic E-state index is 0. The maximum atomic E-state index is 5.63. The van der Waals surface area contributed by atoms with Crippen molar-refractivity contribution in [1.29, 1.82) is 0 Å². The predicted molar refractivity (Wildman–Crippen MR) is 78.3 cm³/mol. The van der Waals surface area contributed by atoms with Gasteiger partial charge in [0.15, 0.2) is 5.96 Å². The summed E-state index contributed by atoms with van der Waals surface area (Å²) in [6, 6.07) is 0. The monoisotopic (exact) mass is 339 g/mol. The van der Waals surface area contributed by atoms with E-state index in [1.54, 1.807) is 6.08 Å². The molecule has 0 bridgehead atoms. The van der Waals surface area contributed by atoms with Crippen LogP contribution in [0, 0.1) is 0 Å². The van der Waals surface area contributed by atoms with Crippen LogP contribution in [0.15, 0.2) is 17.6 Å². The zero-order valence-corrected chi connectivity index (χ0v) is 12.0. The summed E-state index contributed by atoms with van der Waals surface area (Å²) in [6.07, 6.45) is 6.75. The minimum Gasteiger partial charge on any atom is -0.378 e. The van der Waals surface area contributed by atoms with Gasteiger partial charge in [-0.3, -0.25) is 4.99 Å². The summed E-state index contributed by atoms with van der Waals surface area (Å²) in [5.74, 6) is 0.491. The van der Waals surface area contributed by atoms with Gasteiger partial charge < -0.3 is 15.8 Å². The molecular formula is C11H22IN3O. The first-order valence-electron chi connectivity index (χ1n) is 5.59. The van der Waals surface area contributed by atoms with Crippen molar-refractivity contribution < 1.29 is 4.74 Å². The molecular weight excluding hydrogens is 317 g/mol. The normalized spacial score (nSPS) is 21.0. The van der Waals surface area contributed by atoms with Crippen molar-refractivity contribution in [2.45, 2.75) is 31.8 Å². The molecule has 0 aromatic carbocycles. The Hall–Kier alpha value is -0.300. The highest BCUT2D eigenvalue weighted by Crippen LogP contribution is 2.15. The van der Waals surface area contributed by atoms with E-state index < -0.39 is 0 Å². The number of guanidine groups is 1. The van der Waals surface area contributed by atoms with Crippen LogP contribution in [0.25, 0.3) is 0 Å². The Morgan fingerprint density at radius 1 is 1.56 bits per heavy atom. The molecule has 5 heteroatoms. The molecule has 4 nitrogen and oxygen atoms in total. The van der Waals surface area contributed by atoms with E-state index in [4.69, 9.17) is 10.5 Å². The zero-order chi connectivity index (χ0) is 10.9. The highest BCUT2D eigenvalue weighted by atomic mass is 127. The highest BCUT2D eigenvalue weighted by molar-refractivity contribution is 14.0. The predicted octanol–water partition coefficient (Wildman–Crippen LogP) is 1.65. The first-order valence-corrected chi connectivity index (χ1v) is 5.59. The van der Waals surface area contributed by atoms with E-state index >= 15 is 0 Å². The molecule has 1 heterocycles. The Morgan fingerprint density at radius 2 is 2.38 bits per heavy atom. The van der Waals surface area contributed by atoms with E-state index in [0.717, 1.165) is 26.0 Å². The van der Waals surface area contributed by atoms with E-state index in [2.05, 4.69) is 16.9 Å². The third-order valence-electron chi connectivity index (χ3n) is 2.43. The number of hydrogen-bond donors (Lipinski definition) is 2.